The van der Waals surface area contributed by atoms with Gasteiger partial charge in [0.05, 0.1) is 4.70 Å². The Bertz CT molecular complexity index is 553. The molecule has 0 aliphatic heterocycles. The van der Waals surface area contributed by atoms with Crippen LogP contribution < -0.4 is 5.32 Å². The molecule has 5 heteroatoms. The first-order valence-corrected chi connectivity index (χ1v) is 8.09. The highest BCUT2D eigenvalue weighted by Gasteiger charge is 2.07. The van der Waals surface area contributed by atoms with Crippen LogP contribution in [0.3, 0.4) is 0 Å². The van der Waals surface area contributed by atoms with Gasteiger partial charge in [-0.3, -0.25) is 4.79 Å². The van der Waals surface area contributed by atoms with Crippen LogP contribution in [0, 0.1) is 0 Å². The molecule has 0 aliphatic carbocycles. The van der Waals surface area contributed by atoms with E-state index in [-0.39, 0.29) is 5.91 Å². The molecule has 0 radical (unpaired) electrons. The number of amides is 1. The van der Waals surface area contributed by atoms with Crippen molar-refractivity contribution in [3.05, 3.63) is 23.8 Å². The molecule has 20 heavy (non-hydrogen) atoms. The number of rotatable bonds is 8. The topological polar surface area (TPSA) is 54.9 Å². The van der Waals surface area contributed by atoms with Gasteiger partial charge in [0.2, 0.25) is 0 Å². The molecular weight excluding hydrogens is 270 g/mol. The van der Waals surface area contributed by atoms with E-state index in [4.69, 9.17) is 0 Å². The molecule has 0 fully saturated rings. The maximum Gasteiger partial charge on any atom is 0.251 e. The van der Waals surface area contributed by atoms with Crippen molar-refractivity contribution in [3.63, 3.8) is 0 Å². The number of carbonyl (C=O) groups excluding carboxylic acids is 1. The highest BCUT2D eigenvalue weighted by molar-refractivity contribution is 7.12. The molecule has 0 saturated carbocycles. The Hall–Kier alpha value is -1.49. The highest BCUT2D eigenvalue weighted by atomic mass is 32.1. The van der Waals surface area contributed by atoms with Crippen molar-refractivity contribution in [2.75, 3.05) is 6.54 Å². The second kappa shape index (κ2) is 7.94. The zero-order valence-electron chi connectivity index (χ0n) is 11.9. The van der Waals surface area contributed by atoms with Crippen LogP contribution in [0.4, 0.5) is 0 Å². The van der Waals surface area contributed by atoms with Gasteiger partial charge in [-0.1, -0.05) is 43.5 Å². The number of hydrogen-bond acceptors (Lipinski definition) is 4. The number of fused-ring (bicyclic) bond motifs is 1. The van der Waals surface area contributed by atoms with Gasteiger partial charge in [-0.2, -0.15) is 0 Å². The van der Waals surface area contributed by atoms with Crippen LogP contribution in [0.1, 0.15) is 55.8 Å². The molecule has 0 bridgehead atoms. The third-order valence-corrected chi connectivity index (χ3v) is 4.03. The molecule has 1 heterocycles. The highest BCUT2D eigenvalue weighted by Crippen LogP contribution is 2.16. The van der Waals surface area contributed by atoms with E-state index < -0.39 is 0 Å². The molecule has 1 N–H and O–H groups in total. The van der Waals surface area contributed by atoms with Crippen LogP contribution in [-0.2, 0) is 0 Å². The van der Waals surface area contributed by atoms with Gasteiger partial charge in [0.1, 0.15) is 5.52 Å². The van der Waals surface area contributed by atoms with E-state index in [9.17, 15) is 4.79 Å². The van der Waals surface area contributed by atoms with E-state index in [1.54, 1.807) is 6.07 Å². The lowest BCUT2D eigenvalue weighted by Crippen LogP contribution is -2.24. The predicted octanol–water partition coefficient (Wildman–Crippen LogP) is 3.78. The number of aromatic nitrogens is 2. The quantitative estimate of drug-likeness (QED) is 0.753. The van der Waals surface area contributed by atoms with Gasteiger partial charge in [-0.15, -0.1) is 5.10 Å². The third-order valence-electron chi connectivity index (χ3n) is 3.32. The fourth-order valence-corrected chi connectivity index (χ4v) is 2.67. The summed E-state index contributed by atoms with van der Waals surface area (Å²) in [5.41, 5.74) is 1.46. The minimum absolute atomic E-state index is 0.0199. The van der Waals surface area contributed by atoms with Gasteiger partial charge in [0, 0.05) is 12.1 Å². The summed E-state index contributed by atoms with van der Waals surface area (Å²) in [5, 5.41) is 6.95. The zero-order chi connectivity index (χ0) is 14.2. The Morgan fingerprint density at radius 1 is 1.20 bits per heavy atom. The fourth-order valence-electron chi connectivity index (χ4n) is 2.13. The van der Waals surface area contributed by atoms with Crippen LogP contribution in [0.25, 0.3) is 10.2 Å². The Morgan fingerprint density at radius 2 is 2.00 bits per heavy atom. The summed E-state index contributed by atoms with van der Waals surface area (Å²) in [6.07, 6.45) is 7.39. The van der Waals surface area contributed by atoms with Crippen molar-refractivity contribution in [2.45, 2.75) is 45.4 Å². The first kappa shape index (κ1) is 14.9. The maximum atomic E-state index is 12.0. The van der Waals surface area contributed by atoms with Gasteiger partial charge in [-0.05, 0) is 36.2 Å². The van der Waals surface area contributed by atoms with Crippen molar-refractivity contribution in [3.8, 4) is 0 Å². The van der Waals surface area contributed by atoms with Crippen LogP contribution in [0.5, 0.6) is 0 Å². The number of benzene rings is 1. The average molecular weight is 291 g/mol. The van der Waals surface area contributed by atoms with E-state index in [2.05, 4.69) is 21.8 Å². The Labute approximate surface area is 123 Å². The zero-order valence-corrected chi connectivity index (χ0v) is 12.7. The molecule has 1 aromatic carbocycles. The summed E-state index contributed by atoms with van der Waals surface area (Å²) < 4.78 is 4.88. The Balaban J connectivity index is 1.71. The fraction of sp³-hybridized carbons (Fsp3) is 0.533. The summed E-state index contributed by atoms with van der Waals surface area (Å²) in [5.74, 6) is -0.0199. The largest absolute Gasteiger partial charge is 0.352 e. The van der Waals surface area contributed by atoms with E-state index >= 15 is 0 Å². The lowest BCUT2D eigenvalue weighted by molar-refractivity contribution is 0.0953. The second-order valence-electron chi connectivity index (χ2n) is 4.98. The summed E-state index contributed by atoms with van der Waals surface area (Å²) in [4.78, 5) is 12.0. The van der Waals surface area contributed by atoms with Crippen LogP contribution in [-0.4, -0.2) is 22.0 Å². The van der Waals surface area contributed by atoms with E-state index in [0.717, 1.165) is 23.2 Å². The van der Waals surface area contributed by atoms with Crippen LogP contribution in [0.2, 0.25) is 0 Å². The van der Waals surface area contributed by atoms with E-state index in [1.165, 1.54) is 43.6 Å². The Morgan fingerprint density at radius 3 is 2.85 bits per heavy atom. The average Bonchev–Trinajstić information content (AvgIpc) is 2.93. The molecule has 0 atom stereocenters. The smallest absolute Gasteiger partial charge is 0.251 e. The molecule has 1 aromatic heterocycles. The maximum absolute atomic E-state index is 12.0. The minimum atomic E-state index is -0.0199. The lowest BCUT2D eigenvalue weighted by Gasteiger charge is -2.05. The number of hydrogen-bond donors (Lipinski definition) is 1. The molecule has 2 aromatic rings. The predicted molar refractivity (Wildman–Crippen MR) is 83.1 cm³/mol. The minimum Gasteiger partial charge on any atom is -0.352 e. The molecule has 0 spiro atoms. The van der Waals surface area contributed by atoms with Gasteiger partial charge >= 0.3 is 0 Å². The summed E-state index contributed by atoms with van der Waals surface area (Å²) in [7, 11) is 0. The second-order valence-corrected chi connectivity index (χ2v) is 5.76. The molecule has 108 valence electrons. The first-order chi connectivity index (χ1) is 9.81. The molecule has 4 nitrogen and oxygen atoms in total. The molecule has 2 rings (SSSR count). The van der Waals surface area contributed by atoms with Crippen LogP contribution >= 0.6 is 11.5 Å². The number of nitrogens with one attached hydrogen (secondary N) is 1. The number of unbranched alkanes of at least 4 members (excludes halogenated alkanes) is 5. The summed E-state index contributed by atoms with van der Waals surface area (Å²) in [6.45, 7) is 2.97. The van der Waals surface area contributed by atoms with Crippen molar-refractivity contribution < 1.29 is 4.79 Å². The molecular formula is C15H21N3OS. The summed E-state index contributed by atoms with van der Waals surface area (Å²) >= 11 is 1.35. The first-order valence-electron chi connectivity index (χ1n) is 7.31. The van der Waals surface area contributed by atoms with Gasteiger partial charge in [0.25, 0.3) is 5.91 Å². The number of nitrogens with zero attached hydrogens (tertiary/aromatic N) is 2. The van der Waals surface area contributed by atoms with Crippen molar-refractivity contribution in [1.82, 2.24) is 14.9 Å². The molecule has 0 unspecified atom stereocenters. The van der Waals surface area contributed by atoms with Crippen LogP contribution in [0.15, 0.2) is 18.2 Å². The number of carbonyl (C=O) groups is 1. The summed E-state index contributed by atoms with van der Waals surface area (Å²) in [6, 6.07) is 5.54. The van der Waals surface area contributed by atoms with Crippen molar-refractivity contribution >= 4 is 27.7 Å². The van der Waals surface area contributed by atoms with Crippen molar-refractivity contribution in [2.24, 2.45) is 0 Å². The third kappa shape index (κ3) is 4.27. The van der Waals surface area contributed by atoms with E-state index in [0.29, 0.717) is 5.56 Å². The Kier molecular flexibility index (Phi) is 5.92. The molecule has 0 saturated heterocycles. The van der Waals surface area contributed by atoms with E-state index in [1.807, 2.05) is 12.1 Å². The van der Waals surface area contributed by atoms with Gasteiger partial charge in [-0.25, -0.2) is 0 Å². The SMILES string of the molecule is CCCCCCCCNC(=O)c1ccc2snnc2c1. The monoisotopic (exact) mass is 291 g/mol. The normalized spacial score (nSPS) is 10.8. The molecule has 1 amide bonds. The van der Waals surface area contributed by atoms with Gasteiger partial charge < -0.3 is 5.32 Å². The lowest BCUT2D eigenvalue weighted by atomic mass is 10.1. The standard InChI is InChI=1S/C15H21N3OS/c1-2-3-4-5-6-7-10-16-15(19)12-8-9-14-13(11-12)17-18-20-14/h8-9,11H,2-7,10H2,1H3,(H,16,19). The van der Waals surface area contributed by atoms with Gasteiger partial charge in [0.15, 0.2) is 0 Å². The van der Waals surface area contributed by atoms with Crippen molar-refractivity contribution in [1.29, 1.82) is 0 Å². The molecule has 0 aliphatic rings.